The summed E-state index contributed by atoms with van der Waals surface area (Å²) >= 11 is 5.66. The van der Waals surface area contributed by atoms with Crippen molar-refractivity contribution in [2.45, 2.75) is 5.88 Å². The number of pyridine rings is 1. The van der Waals surface area contributed by atoms with Crippen molar-refractivity contribution in [3.8, 4) is 0 Å². The molecular formula is C10H12ClFN2O. The third-order valence-corrected chi connectivity index (χ3v) is 2.65. The van der Waals surface area contributed by atoms with E-state index < -0.39 is 0 Å². The Morgan fingerprint density at radius 2 is 2.20 bits per heavy atom. The van der Waals surface area contributed by atoms with E-state index in [9.17, 15) is 4.39 Å². The Kier molecular flexibility index (Phi) is 3.38. The average Bonchev–Trinajstić information content (AvgIpc) is 2.31. The highest BCUT2D eigenvalue weighted by molar-refractivity contribution is 6.16. The summed E-state index contributed by atoms with van der Waals surface area (Å²) < 4.78 is 18.7. The molecule has 82 valence electrons. The van der Waals surface area contributed by atoms with Crippen LogP contribution in [0.15, 0.2) is 12.3 Å². The van der Waals surface area contributed by atoms with Crippen LogP contribution >= 0.6 is 11.6 Å². The Hall–Kier alpha value is -0.870. The molecule has 1 aliphatic rings. The number of hydrogen-bond donors (Lipinski definition) is 0. The van der Waals surface area contributed by atoms with Gasteiger partial charge in [0.1, 0.15) is 0 Å². The van der Waals surface area contributed by atoms with E-state index in [-0.39, 0.29) is 5.82 Å². The lowest BCUT2D eigenvalue weighted by molar-refractivity contribution is 0.122. The summed E-state index contributed by atoms with van der Waals surface area (Å²) in [7, 11) is 0. The Bertz CT molecular complexity index is 342. The van der Waals surface area contributed by atoms with Crippen molar-refractivity contribution in [2.24, 2.45) is 0 Å². The third kappa shape index (κ3) is 2.38. The second-order valence-corrected chi connectivity index (χ2v) is 3.63. The van der Waals surface area contributed by atoms with E-state index in [4.69, 9.17) is 16.3 Å². The highest BCUT2D eigenvalue weighted by Crippen LogP contribution is 2.21. The van der Waals surface area contributed by atoms with E-state index in [1.165, 1.54) is 6.20 Å². The van der Waals surface area contributed by atoms with Crippen molar-refractivity contribution >= 4 is 17.3 Å². The van der Waals surface area contributed by atoms with Gasteiger partial charge in [-0.2, -0.15) is 0 Å². The Balaban J connectivity index is 2.24. The number of alkyl halides is 1. The predicted octanol–water partition coefficient (Wildman–Crippen LogP) is 1.80. The van der Waals surface area contributed by atoms with Gasteiger partial charge in [0.2, 0.25) is 0 Å². The summed E-state index contributed by atoms with van der Waals surface area (Å²) in [6.45, 7) is 2.70. The zero-order chi connectivity index (χ0) is 10.7. The van der Waals surface area contributed by atoms with Crippen LogP contribution in [0.2, 0.25) is 0 Å². The predicted molar refractivity (Wildman–Crippen MR) is 56.8 cm³/mol. The molecule has 0 aromatic carbocycles. The van der Waals surface area contributed by atoms with Crippen LogP contribution in [0, 0.1) is 5.82 Å². The minimum atomic E-state index is -0.300. The maximum atomic E-state index is 13.5. The fourth-order valence-corrected chi connectivity index (χ4v) is 1.74. The van der Waals surface area contributed by atoms with Gasteiger partial charge in [-0.1, -0.05) is 0 Å². The van der Waals surface area contributed by atoms with E-state index in [0.29, 0.717) is 43.6 Å². The molecule has 0 radical (unpaired) electrons. The van der Waals surface area contributed by atoms with Gasteiger partial charge in [0.15, 0.2) is 5.82 Å². The van der Waals surface area contributed by atoms with Gasteiger partial charge in [-0.15, -0.1) is 11.6 Å². The molecule has 1 saturated heterocycles. The van der Waals surface area contributed by atoms with Gasteiger partial charge in [-0.25, -0.2) is 4.39 Å². The van der Waals surface area contributed by atoms with Crippen molar-refractivity contribution in [3.05, 3.63) is 23.8 Å². The monoisotopic (exact) mass is 230 g/mol. The molecular weight excluding hydrogens is 219 g/mol. The second kappa shape index (κ2) is 4.77. The van der Waals surface area contributed by atoms with Crippen LogP contribution in [-0.2, 0) is 10.6 Å². The molecule has 0 N–H and O–H groups in total. The van der Waals surface area contributed by atoms with Gasteiger partial charge in [-0.05, 0) is 6.07 Å². The molecule has 5 heteroatoms. The summed E-state index contributed by atoms with van der Waals surface area (Å²) in [5.74, 6) is 0.00298. The van der Waals surface area contributed by atoms with Crippen molar-refractivity contribution < 1.29 is 9.13 Å². The van der Waals surface area contributed by atoms with Gasteiger partial charge >= 0.3 is 0 Å². The highest BCUT2D eigenvalue weighted by atomic mass is 35.5. The SMILES string of the molecule is Fc1cnc(CCl)cc1N1CCOCC1. The molecule has 0 aliphatic carbocycles. The van der Waals surface area contributed by atoms with Crippen LogP contribution in [0.3, 0.4) is 0 Å². The Morgan fingerprint density at radius 3 is 2.87 bits per heavy atom. The molecule has 1 aromatic heterocycles. The normalized spacial score (nSPS) is 16.8. The van der Waals surface area contributed by atoms with Gasteiger partial charge < -0.3 is 9.64 Å². The standard InChI is InChI=1S/C10H12ClFN2O/c11-6-8-5-10(9(12)7-13-8)14-1-3-15-4-2-14/h5,7H,1-4,6H2. The summed E-state index contributed by atoms with van der Waals surface area (Å²) in [6, 6.07) is 1.70. The topological polar surface area (TPSA) is 25.4 Å². The number of hydrogen-bond acceptors (Lipinski definition) is 3. The van der Waals surface area contributed by atoms with E-state index in [1.807, 2.05) is 4.90 Å². The van der Waals surface area contributed by atoms with Gasteiger partial charge in [-0.3, -0.25) is 4.98 Å². The first-order valence-electron chi connectivity index (χ1n) is 4.84. The number of morpholine rings is 1. The van der Waals surface area contributed by atoms with E-state index in [2.05, 4.69) is 4.98 Å². The van der Waals surface area contributed by atoms with Crippen LogP contribution in [-0.4, -0.2) is 31.3 Å². The molecule has 1 aromatic rings. The molecule has 0 unspecified atom stereocenters. The van der Waals surface area contributed by atoms with Gasteiger partial charge in [0.25, 0.3) is 0 Å². The molecule has 3 nitrogen and oxygen atoms in total. The maximum absolute atomic E-state index is 13.5. The van der Waals surface area contributed by atoms with Crippen molar-refractivity contribution in [1.82, 2.24) is 4.98 Å². The summed E-state index contributed by atoms with van der Waals surface area (Å²) in [5.41, 5.74) is 1.27. The molecule has 1 fully saturated rings. The summed E-state index contributed by atoms with van der Waals surface area (Å²) in [4.78, 5) is 5.84. The Labute approximate surface area is 92.8 Å². The first kappa shape index (κ1) is 10.6. The number of rotatable bonds is 2. The Morgan fingerprint density at radius 1 is 1.47 bits per heavy atom. The lowest BCUT2D eigenvalue weighted by Crippen LogP contribution is -2.36. The lowest BCUT2D eigenvalue weighted by atomic mass is 10.2. The quantitative estimate of drug-likeness (QED) is 0.725. The van der Waals surface area contributed by atoms with Crippen molar-refractivity contribution in [3.63, 3.8) is 0 Å². The van der Waals surface area contributed by atoms with Crippen LogP contribution in [0.5, 0.6) is 0 Å². The van der Waals surface area contributed by atoms with E-state index in [1.54, 1.807) is 6.07 Å². The molecule has 2 heterocycles. The van der Waals surface area contributed by atoms with Crippen LogP contribution in [0.25, 0.3) is 0 Å². The first-order valence-corrected chi connectivity index (χ1v) is 5.38. The minimum Gasteiger partial charge on any atom is -0.378 e. The lowest BCUT2D eigenvalue weighted by Gasteiger charge is -2.29. The van der Waals surface area contributed by atoms with Crippen LogP contribution < -0.4 is 4.90 Å². The third-order valence-electron chi connectivity index (χ3n) is 2.38. The zero-order valence-electron chi connectivity index (χ0n) is 8.25. The fraction of sp³-hybridized carbons (Fsp3) is 0.500. The molecule has 15 heavy (non-hydrogen) atoms. The van der Waals surface area contributed by atoms with Gasteiger partial charge in [0, 0.05) is 13.1 Å². The number of aromatic nitrogens is 1. The molecule has 0 bridgehead atoms. The second-order valence-electron chi connectivity index (χ2n) is 3.36. The van der Waals surface area contributed by atoms with Gasteiger partial charge in [0.05, 0.1) is 36.7 Å². The molecule has 0 atom stereocenters. The van der Waals surface area contributed by atoms with Crippen molar-refractivity contribution in [2.75, 3.05) is 31.2 Å². The van der Waals surface area contributed by atoms with E-state index >= 15 is 0 Å². The number of halogens is 2. The number of ether oxygens (including phenoxy) is 1. The molecule has 0 spiro atoms. The minimum absolute atomic E-state index is 0.300. The van der Waals surface area contributed by atoms with E-state index in [0.717, 1.165) is 0 Å². The molecule has 1 aliphatic heterocycles. The average molecular weight is 231 g/mol. The van der Waals surface area contributed by atoms with Crippen LogP contribution in [0.4, 0.5) is 10.1 Å². The highest BCUT2D eigenvalue weighted by Gasteiger charge is 2.15. The fourth-order valence-electron chi connectivity index (χ4n) is 1.59. The largest absolute Gasteiger partial charge is 0.378 e. The zero-order valence-corrected chi connectivity index (χ0v) is 9.00. The van der Waals surface area contributed by atoms with Crippen LogP contribution in [0.1, 0.15) is 5.69 Å². The van der Waals surface area contributed by atoms with Crippen molar-refractivity contribution in [1.29, 1.82) is 0 Å². The maximum Gasteiger partial charge on any atom is 0.164 e. The molecule has 0 amide bonds. The molecule has 2 rings (SSSR count). The number of anilines is 1. The summed E-state index contributed by atoms with van der Waals surface area (Å²) in [6.07, 6.45) is 1.22. The first-order chi connectivity index (χ1) is 7.31. The smallest absolute Gasteiger partial charge is 0.164 e. The molecule has 0 saturated carbocycles. The number of nitrogens with zero attached hydrogens (tertiary/aromatic N) is 2. The summed E-state index contributed by atoms with van der Waals surface area (Å²) in [5, 5.41) is 0.